The summed E-state index contributed by atoms with van der Waals surface area (Å²) in [5.74, 6) is 1.26. The molecule has 0 unspecified atom stereocenters. The molecule has 1 aromatic heterocycles. The maximum absolute atomic E-state index is 9.54. The number of benzene rings is 2. The van der Waals surface area contributed by atoms with Crippen LogP contribution in [0.15, 0.2) is 46.9 Å². The first kappa shape index (κ1) is 12.6. The van der Waals surface area contributed by atoms with E-state index in [0.29, 0.717) is 12.3 Å². The lowest BCUT2D eigenvalue weighted by molar-refractivity contribution is 0.471. The van der Waals surface area contributed by atoms with Crippen molar-refractivity contribution < 1.29 is 9.52 Å². The fourth-order valence-electron chi connectivity index (χ4n) is 2.40. The van der Waals surface area contributed by atoms with Crippen molar-refractivity contribution in [3.63, 3.8) is 0 Å². The minimum atomic E-state index is 0.320. The summed E-state index contributed by atoms with van der Waals surface area (Å²) in [5, 5.41) is 14.1. The number of rotatable bonds is 3. The number of phenolic OH excluding ortho intramolecular Hbond substituents is 1. The van der Waals surface area contributed by atoms with Gasteiger partial charge in [-0.3, -0.25) is 0 Å². The Kier molecular flexibility index (Phi) is 3.11. The molecule has 0 fully saturated rings. The highest BCUT2D eigenvalue weighted by Crippen LogP contribution is 2.27. The molecule has 3 nitrogen and oxygen atoms in total. The van der Waals surface area contributed by atoms with E-state index in [1.807, 2.05) is 44.2 Å². The summed E-state index contributed by atoms with van der Waals surface area (Å²) in [5.41, 5.74) is 3.95. The summed E-state index contributed by atoms with van der Waals surface area (Å²) >= 11 is 0. The maximum atomic E-state index is 9.54. The molecule has 20 heavy (non-hydrogen) atoms. The zero-order chi connectivity index (χ0) is 14.1. The second kappa shape index (κ2) is 4.93. The topological polar surface area (TPSA) is 45.4 Å². The Hall–Kier alpha value is -2.42. The van der Waals surface area contributed by atoms with Gasteiger partial charge in [0.15, 0.2) is 0 Å². The predicted octanol–water partition coefficient (Wildman–Crippen LogP) is 4.37. The van der Waals surface area contributed by atoms with Crippen molar-refractivity contribution in [2.45, 2.75) is 20.4 Å². The summed E-state index contributed by atoms with van der Waals surface area (Å²) in [4.78, 5) is 0. The van der Waals surface area contributed by atoms with E-state index in [1.54, 1.807) is 6.07 Å². The quantitative estimate of drug-likeness (QED) is 0.693. The number of para-hydroxylation sites is 1. The minimum Gasteiger partial charge on any atom is -0.508 e. The Morgan fingerprint density at radius 3 is 2.70 bits per heavy atom. The number of aromatic hydroxyl groups is 1. The molecule has 0 atom stereocenters. The lowest BCUT2D eigenvalue weighted by Gasteiger charge is -2.08. The number of anilines is 1. The maximum Gasteiger partial charge on any atom is 0.134 e. The Morgan fingerprint density at radius 2 is 1.90 bits per heavy atom. The van der Waals surface area contributed by atoms with Crippen LogP contribution in [-0.2, 0) is 6.54 Å². The summed E-state index contributed by atoms with van der Waals surface area (Å²) in [6.45, 7) is 4.57. The molecular weight excluding hydrogens is 250 g/mol. The van der Waals surface area contributed by atoms with Crippen molar-refractivity contribution in [2.75, 3.05) is 5.32 Å². The number of hydrogen-bond donors (Lipinski definition) is 2. The second-order valence-corrected chi connectivity index (χ2v) is 4.99. The van der Waals surface area contributed by atoms with Gasteiger partial charge in [0, 0.05) is 23.2 Å². The van der Waals surface area contributed by atoms with Crippen LogP contribution in [0.25, 0.3) is 11.0 Å². The largest absolute Gasteiger partial charge is 0.508 e. The predicted molar refractivity (Wildman–Crippen MR) is 81.1 cm³/mol. The van der Waals surface area contributed by atoms with E-state index in [1.165, 1.54) is 5.56 Å². The van der Waals surface area contributed by atoms with Crippen LogP contribution in [0.1, 0.15) is 16.9 Å². The molecule has 0 spiro atoms. The van der Waals surface area contributed by atoms with Crippen molar-refractivity contribution in [2.24, 2.45) is 0 Å². The fraction of sp³-hybridized carbons (Fsp3) is 0.176. The molecule has 0 saturated carbocycles. The van der Waals surface area contributed by atoms with E-state index in [9.17, 15) is 5.11 Å². The van der Waals surface area contributed by atoms with Gasteiger partial charge in [0.1, 0.15) is 17.1 Å². The molecule has 3 heteroatoms. The number of phenols is 1. The van der Waals surface area contributed by atoms with Gasteiger partial charge in [0.2, 0.25) is 0 Å². The second-order valence-electron chi connectivity index (χ2n) is 4.99. The monoisotopic (exact) mass is 267 g/mol. The molecule has 0 amide bonds. The average Bonchev–Trinajstić information content (AvgIpc) is 2.76. The van der Waals surface area contributed by atoms with Crippen molar-refractivity contribution in [3.05, 3.63) is 59.4 Å². The number of hydrogen-bond acceptors (Lipinski definition) is 3. The summed E-state index contributed by atoms with van der Waals surface area (Å²) in [6, 6.07) is 13.6. The number of furan rings is 1. The van der Waals surface area contributed by atoms with Gasteiger partial charge in [-0.1, -0.05) is 18.2 Å². The van der Waals surface area contributed by atoms with Crippen LogP contribution in [0.3, 0.4) is 0 Å². The van der Waals surface area contributed by atoms with Crippen LogP contribution >= 0.6 is 0 Å². The Labute approximate surface area is 117 Å². The van der Waals surface area contributed by atoms with Crippen molar-refractivity contribution in [1.82, 2.24) is 0 Å². The standard InChI is InChI=1S/C17H17NO2/c1-11-9-13(7-8-16(11)19)18-10-15-12(2)20-17-6-4-3-5-14(15)17/h3-9,18-19H,10H2,1-2H3. The lowest BCUT2D eigenvalue weighted by Crippen LogP contribution is -2.00. The van der Waals surface area contributed by atoms with Crippen LogP contribution in [0.5, 0.6) is 5.75 Å². The lowest BCUT2D eigenvalue weighted by atomic mass is 10.1. The zero-order valence-corrected chi connectivity index (χ0v) is 11.6. The molecule has 0 aliphatic rings. The Balaban J connectivity index is 1.86. The third kappa shape index (κ3) is 2.23. The molecule has 3 aromatic rings. The molecule has 102 valence electrons. The first-order chi connectivity index (χ1) is 9.65. The zero-order valence-electron chi connectivity index (χ0n) is 11.6. The molecule has 2 N–H and O–H groups in total. The number of nitrogens with one attached hydrogen (secondary N) is 1. The summed E-state index contributed by atoms with van der Waals surface area (Å²) in [6.07, 6.45) is 0. The van der Waals surface area contributed by atoms with E-state index < -0.39 is 0 Å². The molecule has 0 radical (unpaired) electrons. The van der Waals surface area contributed by atoms with Gasteiger partial charge in [-0.05, 0) is 43.7 Å². The minimum absolute atomic E-state index is 0.320. The average molecular weight is 267 g/mol. The van der Waals surface area contributed by atoms with Crippen LogP contribution in [0, 0.1) is 13.8 Å². The molecule has 3 rings (SSSR count). The van der Waals surface area contributed by atoms with Crippen LogP contribution in [0.4, 0.5) is 5.69 Å². The van der Waals surface area contributed by atoms with Crippen molar-refractivity contribution >= 4 is 16.7 Å². The fourth-order valence-corrected chi connectivity index (χ4v) is 2.40. The van der Waals surface area contributed by atoms with Gasteiger partial charge < -0.3 is 14.8 Å². The summed E-state index contributed by atoms with van der Waals surface area (Å²) in [7, 11) is 0. The first-order valence-corrected chi connectivity index (χ1v) is 6.65. The summed E-state index contributed by atoms with van der Waals surface area (Å²) < 4.78 is 5.75. The third-order valence-electron chi connectivity index (χ3n) is 3.57. The highest BCUT2D eigenvalue weighted by Gasteiger charge is 2.10. The van der Waals surface area contributed by atoms with Crippen LogP contribution in [-0.4, -0.2) is 5.11 Å². The van der Waals surface area contributed by atoms with Gasteiger partial charge in [-0.2, -0.15) is 0 Å². The highest BCUT2D eigenvalue weighted by atomic mass is 16.3. The van der Waals surface area contributed by atoms with Crippen LogP contribution in [0.2, 0.25) is 0 Å². The van der Waals surface area contributed by atoms with Crippen LogP contribution < -0.4 is 5.32 Å². The van der Waals surface area contributed by atoms with Gasteiger partial charge in [0.25, 0.3) is 0 Å². The number of fused-ring (bicyclic) bond motifs is 1. The van der Waals surface area contributed by atoms with Gasteiger partial charge in [-0.15, -0.1) is 0 Å². The van der Waals surface area contributed by atoms with Crippen molar-refractivity contribution in [3.8, 4) is 5.75 Å². The van der Waals surface area contributed by atoms with Gasteiger partial charge in [-0.25, -0.2) is 0 Å². The molecule has 2 aromatic carbocycles. The van der Waals surface area contributed by atoms with Crippen molar-refractivity contribution in [1.29, 1.82) is 0 Å². The molecule has 0 aliphatic carbocycles. The SMILES string of the molecule is Cc1cc(NCc2c(C)oc3ccccc23)ccc1O. The first-order valence-electron chi connectivity index (χ1n) is 6.65. The van der Waals surface area contributed by atoms with E-state index in [-0.39, 0.29) is 0 Å². The molecule has 0 aliphatic heterocycles. The number of aryl methyl sites for hydroxylation is 2. The normalized spacial score (nSPS) is 10.9. The van der Waals surface area contributed by atoms with E-state index in [0.717, 1.165) is 28.0 Å². The Morgan fingerprint density at radius 1 is 1.10 bits per heavy atom. The Bertz CT molecular complexity index is 759. The van der Waals surface area contributed by atoms with Gasteiger partial charge >= 0.3 is 0 Å². The van der Waals surface area contributed by atoms with E-state index in [4.69, 9.17) is 4.42 Å². The third-order valence-corrected chi connectivity index (χ3v) is 3.57. The molecule has 0 saturated heterocycles. The van der Waals surface area contributed by atoms with E-state index in [2.05, 4.69) is 11.4 Å². The molecule has 0 bridgehead atoms. The molecular formula is C17H17NO2. The van der Waals surface area contributed by atoms with Gasteiger partial charge in [0.05, 0.1) is 0 Å². The van der Waals surface area contributed by atoms with E-state index >= 15 is 0 Å². The highest BCUT2D eigenvalue weighted by molar-refractivity contribution is 5.82. The molecule has 1 heterocycles. The smallest absolute Gasteiger partial charge is 0.134 e.